The van der Waals surface area contributed by atoms with Crippen molar-refractivity contribution in [3.05, 3.63) is 64.1 Å². The van der Waals surface area contributed by atoms with Gasteiger partial charge < -0.3 is 15.4 Å². The summed E-state index contributed by atoms with van der Waals surface area (Å²) in [6.45, 7) is 0. The van der Waals surface area contributed by atoms with Crippen LogP contribution in [0.15, 0.2) is 47.4 Å². The summed E-state index contributed by atoms with van der Waals surface area (Å²) in [6, 6.07) is 11.3. The zero-order valence-electron chi connectivity index (χ0n) is 14.8. The van der Waals surface area contributed by atoms with Gasteiger partial charge in [0.25, 0.3) is 5.91 Å². The molecule has 7 nitrogen and oxygen atoms in total. The highest BCUT2D eigenvalue weighted by Gasteiger charge is 2.45. The minimum absolute atomic E-state index is 0.0637. The maximum Gasteiger partial charge on any atom is 0.277 e. The van der Waals surface area contributed by atoms with Crippen LogP contribution in [0.1, 0.15) is 34.9 Å². The number of fused-ring (bicyclic) bond motifs is 3. The van der Waals surface area contributed by atoms with E-state index in [0.717, 1.165) is 18.4 Å². The molecule has 1 saturated heterocycles. The fourth-order valence-electron chi connectivity index (χ4n) is 4.11. The summed E-state index contributed by atoms with van der Waals surface area (Å²) in [4.78, 5) is 26.8. The number of aromatic nitrogens is 1. The zero-order chi connectivity index (χ0) is 18.4. The molecule has 7 heteroatoms. The summed E-state index contributed by atoms with van der Waals surface area (Å²) >= 11 is 0. The van der Waals surface area contributed by atoms with Crippen LogP contribution < -0.4 is 20.9 Å². The lowest BCUT2D eigenvalue weighted by molar-refractivity contribution is 0.0535. The van der Waals surface area contributed by atoms with E-state index in [2.05, 4.69) is 5.01 Å². The number of nitrogens with two attached hydrogens (primary N) is 1. The molecule has 3 heterocycles. The summed E-state index contributed by atoms with van der Waals surface area (Å²) < 4.78 is 7.02. The van der Waals surface area contributed by atoms with Crippen molar-refractivity contribution in [3.8, 4) is 5.75 Å². The molecule has 0 aliphatic carbocycles. The van der Waals surface area contributed by atoms with Gasteiger partial charge in [0.15, 0.2) is 11.4 Å². The lowest BCUT2D eigenvalue weighted by Crippen LogP contribution is -2.66. The monoisotopic (exact) mass is 354 g/mol. The highest BCUT2D eigenvalue weighted by molar-refractivity contribution is 5.96. The number of hydrogen-bond donors (Lipinski definition) is 1. The van der Waals surface area contributed by atoms with Crippen molar-refractivity contribution in [1.82, 2.24) is 9.58 Å². The number of nitrogens with zero attached hydrogens (tertiary/aromatic N) is 3. The number of carbonyl (C=O) groups is 1. The predicted octanol–water partition coefficient (Wildman–Crippen LogP) is 1.07. The Labute approximate surface area is 151 Å². The first-order valence-corrected chi connectivity index (χ1v) is 8.70. The standard InChI is InChI=1S/C19H22N4O3/c1-21-15-9-8-13(20)16(12-6-4-3-5-7-12)23(15)22-11-10-14(24)18(26-2)17(22)19(21)25/h3-7,10-11,13,15-16H,8-9,20H2,1-2H3/t13-,15-,16+/m0/s1. The summed E-state index contributed by atoms with van der Waals surface area (Å²) in [6.07, 6.45) is 3.09. The van der Waals surface area contributed by atoms with Crippen molar-refractivity contribution in [1.29, 1.82) is 0 Å². The summed E-state index contributed by atoms with van der Waals surface area (Å²) in [7, 11) is 3.17. The minimum atomic E-state index is -0.309. The van der Waals surface area contributed by atoms with E-state index in [1.54, 1.807) is 22.8 Å². The van der Waals surface area contributed by atoms with Gasteiger partial charge in [0.2, 0.25) is 5.43 Å². The van der Waals surface area contributed by atoms with Crippen LogP contribution in [0.25, 0.3) is 0 Å². The van der Waals surface area contributed by atoms with Crippen molar-refractivity contribution < 1.29 is 9.53 Å². The Bertz CT molecular complexity index is 895. The minimum Gasteiger partial charge on any atom is -0.491 e. The average molecular weight is 354 g/mol. The third kappa shape index (κ3) is 2.31. The first kappa shape index (κ1) is 16.7. The number of carbonyl (C=O) groups excluding carboxylic acids is 1. The number of ether oxygens (including phenoxy) is 1. The number of rotatable bonds is 2. The van der Waals surface area contributed by atoms with E-state index in [4.69, 9.17) is 10.5 Å². The first-order valence-electron chi connectivity index (χ1n) is 8.70. The van der Waals surface area contributed by atoms with Crippen molar-refractivity contribution in [2.45, 2.75) is 31.1 Å². The summed E-state index contributed by atoms with van der Waals surface area (Å²) in [5, 5.41) is 2.10. The molecule has 2 aliphatic heterocycles. The van der Waals surface area contributed by atoms with Crippen LogP contribution >= 0.6 is 0 Å². The highest BCUT2D eigenvalue weighted by atomic mass is 16.5. The molecule has 136 valence electrons. The average Bonchev–Trinajstić information content (AvgIpc) is 2.66. The van der Waals surface area contributed by atoms with E-state index in [1.165, 1.54) is 13.2 Å². The lowest BCUT2D eigenvalue weighted by Gasteiger charge is -2.53. The number of hydrogen-bond acceptors (Lipinski definition) is 5. The van der Waals surface area contributed by atoms with Gasteiger partial charge in [-0.1, -0.05) is 30.3 Å². The molecule has 0 bridgehead atoms. The Morgan fingerprint density at radius 1 is 1.12 bits per heavy atom. The van der Waals surface area contributed by atoms with Gasteiger partial charge in [-0.05, 0) is 18.4 Å². The largest absolute Gasteiger partial charge is 0.491 e. The smallest absolute Gasteiger partial charge is 0.277 e. The van der Waals surface area contributed by atoms with Gasteiger partial charge in [0, 0.05) is 25.4 Å². The van der Waals surface area contributed by atoms with Gasteiger partial charge in [-0.15, -0.1) is 0 Å². The van der Waals surface area contributed by atoms with E-state index in [-0.39, 0.29) is 41.0 Å². The van der Waals surface area contributed by atoms with Crippen LogP contribution in [0.4, 0.5) is 0 Å². The fourth-order valence-corrected chi connectivity index (χ4v) is 4.11. The predicted molar refractivity (Wildman–Crippen MR) is 97.7 cm³/mol. The maximum atomic E-state index is 13.0. The molecule has 3 atom stereocenters. The van der Waals surface area contributed by atoms with Crippen molar-refractivity contribution in [2.24, 2.45) is 5.73 Å². The van der Waals surface area contributed by atoms with Gasteiger partial charge >= 0.3 is 0 Å². The highest BCUT2D eigenvalue weighted by Crippen LogP contribution is 2.37. The van der Waals surface area contributed by atoms with Crippen molar-refractivity contribution in [3.63, 3.8) is 0 Å². The van der Waals surface area contributed by atoms with Crippen molar-refractivity contribution >= 4 is 5.91 Å². The molecule has 2 N–H and O–H groups in total. The van der Waals surface area contributed by atoms with E-state index < -0.39 is 0 Å². The third-order valence-corrected chi connectivity index (χ3v) is 5.35. The van der Waals surface area contributed by atoms with Gasteiger partial charge in [-0.2, -0.15) is 0 Å². The molecule has 0 saturated carbocycles. The molecule has 0 spiro atoms. The molecule has 2 aliphatic rings. The molecule has 1 aromatic heterocycles. The molecule has 1 amide bonds. The van der Waals surface area contributed by atoms with E-state index in [1.807, 2.05) is 30.3 Å². The normalized spacial score (nSPS) is 24.9. The van der Waals surface area contributed by atoms with Crippen LogP contribution in [0.5, 0.6) is 5.75 Å². The van der Waals surface area contributed by atoms with E-state index in [9.17, 15) is 9.59 Å². The molecular formula is C19H22N4O3. The second-order valence-corrected chi connectivity index (χ2v) is 6.78. The second-order valence-electron chi connectivity index (χ2n) is 6.78. The number of amides is 1. The SMILES string of the molecule is COc1c2n(ccc1=O)N1[C@H](c3ccccc3)[C@@H](N)CC[C@H]1N(C)C2=O. The Balaban J connectivity index is 1.95. The molecule has 4 rings (SSSR count). The molecule has 0 unspecified atom stereocenters. The van der Waals surface area contributed by atoms with Crippen molar-refractivity contribution in [2.75, 3.05) is 19.2 Å². The van der Waals surface area contributed by atoms with Crippen LogP contribution in [-0.4, -0.2) is 41.8 Å². The summed E-state index contributed by atoms with van der Waals surface area (Å²) in [5.74, 6) is -0.156. The molecular weight excluding hydrogens is 332 g/mol. The lowest BCUT2D eigenvalue weighted by atomic mass is 9.89. The Kier molecular flexibility index (Phi) is 3.96. The van der Waals surface area contributed by atoms with Crippen LogP contribution in [0, 0.1) is 0 Å². The second kappa shape index (κ2) is 6.17. The Morgan fingerprint density at radius 2 is 1.85 bits per heavy atom. The summed E-state index contributed by atoms with van der Waals surface area (Å²) in [5.41, 5.74) is 7.52. The first-order chi connectivity index (χ1) is 12.5. The number of pyridine rings is 1. The molecule has 0 radical (unpaired) electrons. The zero-order valence-corrected chi connectivity index (χ0v) is 14.8. The van der Waals surface area contributed by atoms with Crippen LogP contribution in [0.2, 0.25) is 0 Å². The Hall–Kier alpha value is -2.80. The number of piperidine rings is 1. The maximum absolute atomic E-state index is 13.0. The topological polar surface area (TPSA) is 80.8 Å². The molecule has 2 aromatic rings. The molecule has 26 heavy (non-hydrogen) atoms. The Morgan fingerprint density at radius 3 is 2.54 bits per heavy atom. The van der Waals surface area contributed by atoms with Gasteiger partial charge in [0.05, 0.1) is 13.2 Å². The third-order valence-electron chi connectivity index (χ3n) is 5.35. The number of methoxy groups -OCH3 is 1. The fraction of sp³-hybridized carbons (Fsp3) is 0.368. The van der Waals surface area contributed by atoms with Gasteiger partial charge in [-0.25, -0.2) is 0 Å². The molecule has 1 aromatic carbocycles. The quantitative estimate of drug-likeness (QED) is 0.873. The van der Waals surface area contributed by atoms with Crippen LogP contribution in [0.3, 0.4) is 0 Å². The van der Waals surface area contributed by atoms with Gasteiger partial charge in [-0.3, -0.25) is 19.3 Å². The number of benzene rings is 1. The van der Waals surface area contributed by atoms with E-state index >= 15 is 0 Å². The van der Waals surface area contributed by atoms with Gasteiger partial charge in [0.1, 0.15) is 6.17 Å². The van der Waals surface area contributed by atoms with Crippen LogP contribution in [-0.2, 0) is 0 Å². The van der Waals surface area contributed by atoms with E-state index in [0.29, 0.717) is 0 Å². The molecule has 1 fully saturated rings.